The monoisotopic (exact) mass is 226 g/mol. The number of nitrogens with zero attached hydrogens (tertiary/aromatic N) is 5. The maximum absolute atomic E-state index is 11.4. The minimum Gasteiger partial charge on any atom is -0.475 e. The van der Waals surface area contributed by atoms with Crippen LogP contribution in [0, 0.1) is 10.1 Å². The highest BCUT2D eigenvalue weighted by Gasteiger charge is 2.21. The third-order valence-electron chi connectivity index (χ3n) is 1.63. The van der Waals surface area contributed by atoms with Gasteiger partial charge in [0.25, 0.3) is 5.78 Å². The van der Waals surface area contributed by atoms with Gasteiger partial charge in [0.05, 0.1) is 5.10 Å². The molecule has 0 saturated carbocycles. The molecular formula is C5H2N6O5. The van der Waals surface area contributed by atoms with Crippen molar-refractivity contribution in [1.29, 1.82) is 0 Å². The van der Waals surface area contributed by atoms with Gasteiger partial charge in [-0.05, 0) is 4.92 Å². The van der Waals surface area contributed by atoms with Gasteiger partial charge in [-0.2, -0.15) is 9.50 Å². The number of H-pyrrole nitrogens is 1. The first-order valence-corrected chi connectivity index (χ1v) is 3.74. The van der Waals surface area contributed by atoms with Crippen molar-refractivity contribution < 1.29 is 14.8 Å². The molecule has 2 heterocycles. The molecule has 11 heteroatoms. The summed E-state index contributed by atoms with van der Waals surface area (Å²) in [6.07, 6.45) is 0. The quantitative estimate of drug-likeness (QED) is 0.458. The molecule has 16 heavy (non-hydrogen) atoms. The van der Waals surface area contributed by atoms with Crippen molar-refractivity contribution in [3.63, 3.8) is 0 Å². The maximum atomic E-state index is 11.4. The Balaban J connectivity index is 2.80. The van der Waals surface area contributed by atoms with Crippen molar-refractivity contribution in [3.8, 4) is 0 Å². The Kier molecular flexibility index (Phi) is 1.87. The van der Waals surface area contributed by atoms with E-state index in [1.807, 2.05) is 5.10 Å². The number of carboxylic acid groups (broad SMARTS) is 1. The molecule has 0 aliphatic rings. The lowest BCUT2D eigenvalue weighted by Crippen LogP contribution is -2.20. The average Bonchev–Trinajstić information content (AvgIpc) is 2.62. The number of carboxylic acids is 1. The molecule has 82 valence electrons. The summed E-state index contributed by atoms with van der Waals surface area (Å²) in [6.45, 7) is 0. The predicted molar refractivity (Wildman–Crippen MR) is 45.0 cm³/mol. The summed E-state index contributed by atoms with van der Waals surface area (Å²) in [5.41, 5.74) is -1.13. The standard InChI is InChI=1S/C5H2N6O5/c12-3-2(11(15)16)7-8-5-6-1(4(13)14)9-10(3)5/h(H,13,14)(H,6,8,9). The van der Waals surface area contributed by atoms with E-state index in [4.69, 9.17) is 5.11 Å². The topological polar surface area (TPSA) is 156 Å². The summed E-state index contributed by atoms with van der Waals surface area (Å²) in [5, 5.41) is 27.2. The lowest BCUT2D eigenvalue weighted by molar-refractivity contribution is -0.391. The van der Waals surface area contributed by atoms with Gasteiger partial charge in [-0.3, -0.25) is 9.89 Å². The molecule has 0 aromatic carbocycles. The number of aromatic amines is 1. The van der Waals surface area contributed by atoms with Crippen molar-refractivity contribution in [3.05, 3.63) is 26.3 Å². The molecule has 11 nitrogen and oxygen atoms in total. The minimum absolute atomic E-state index is 0.354. The molecule has 2 rings (SSSR count). The molecule has 0 bridgehead atoms. The SMILES string of the molecule is O=C(O)c1nc2nnc([N+](=O)[O-])c(=O)n2[nH]1. The van der Waals surface area contributed by atoms with Crippen molar-refractivity contribution in [2.75, 3.05) is 0 Å². The van der Waals surface area contributed by atoms with Crippen molar-refractivity contribution in [1.82, 2.24) is 24.8 Å². The first-order chi connectivity index (χ1) is 7.50. The summed E-state index contributed by atoms with van der Waals surface area (Å²) in [7, 11) is 0. The van der Waals surface area contributed by atoms with Crippen molar-refractivity contribution in [2.45, 2.75) is 0 Å². The van der Waals surface area contributed by atoms with E-state index in [-0.39, 0.29) is 5.78 Å². The average molecular weight is 226 g/mol. The number of hydrogen-bond acceptors (Lipinski definition) is 7. The van der Waals surface area contributed by atoms with Crippen LogP contribution in [0.4, 0.5) is 5.82 Å². The van der Waals surface area contributed by atoms with E-state index in [0.717, 1.165) is 0 Å². The van der Waals surface area contributed by atoms with Crippen LogP contribution < -0.4 is 5.56 Å². The summed E-state index contributed by atoms with van der Waals surface area (Å²) in [5.74, 6) is -3.36. The Hall–Kier alpha value is -2.85. The highest BCUT2D eigenvalue weighted by molar-refractivity contribution is 5.83. The molecule has 0 unspecified atom stereocenters. The second-order valence-electron chi connectivity index (χ2n) is 2.60. The van der Waals surface area contributed by atoms with Gasteiger partial charge in [0.15, 0.2) is 0 Å². The van der Waals surface area contributed by atoms with Crippen LogP contribution in [0.5, 0.6) is 0 Å². The molecule has 0 spiro atoms. The van der Waals surface area contributed by atoms with Crippen LogP contribution in [0.3, 0.4) is 0 Å². The van der Waals surface area contributed by atoms with Crippen LogP contribution in [-0.4, -0.2) is 40.8 Å². The number of carbonyl (C=O) groups is 1. The zero-order valence-electron chi connectivity index (χ0n) is 7.32. The largest absolute Gasteiger partial charge is 0.475 e. The zero-order valence-corrected chi connectivity index (χ0v) is 7.32. The smallest absolute Gasteiger partial charge is 0.458 e. The number of nitrogens with one attached hydrogen (secondary N) is 1. The van der Waals surface area contributed by atoms with Crippen LogP contribution in [0.2, 0.25) is 0 Å². The molecule has 2 aromatic rings. The van der Waals surface area contributed by atoms with Crippen LogP contribution in [0.25, 0.3) is 5.78 Å². The van der Waals surface area contributed by atoms with E-state index in [1.54, 1.807) is 0 Å². The van der Waals surface area contributed by atoms with E-state index in [9.17, 15) is 19.7 Å². The third kappa shape index (κ3) is 1.26. The van der Waals surface area contributed by atoms with E-state index >= 15 is 0 Å². The molecule has 2 aromatic heterocycles. The van der Waals surface area contributed by atoms with E-state index < -0.39 is 28.1 Å². The van der Waals surface area contributed by atoms with Crippen LogP contribution >= 0.6 is 0 Å². The fourth-order valence-corrected chi connectivity index (χ4v) is 0.985. The molecule has 0 atom stereocenters. The highest BCUT2D eigenvalue weighted by Crippen LogP contribution is 1.98. The first kappa shape index (κ1) is 9.70. The summed E-state index contributed by atoms with van der Waals surface area (Å²) in [6, 6.07) is 0. The van der Waals surface area contributed by atoms with Gasteiger partial charge >= 0.3 is 17.3 Å². The Morgan fingerprint density at radius 3 is 2.75 bits per heavy atom. The molecule has 0 saturated heterocycles. The minimum atomic E-state index is -1.42. The van der Waals surface area contributed by atoms with Crippen LogP contribution in [0.1, 0.15) is 10.6 Å². The van der Waals surface area contributed by atoms with Gasteiger partial charge < -0.3 is 15.2 Å². The number of fused-ring (bicyclic) bond motifs is 1. The second-order valence-corrected chi connectivity index (χ2v) is 2.60. The summed E-state index contributed by atoms with van der Waals surface area (Å²) < 4.78 is 0.536. The number of hydrogen-bond donors (Lipinski definition) is 2. The molecule has 0 aliphatic carbocycles. The van der Waals surface area contributed by atoms with E-state index in [0.29, 0.717) is 4.52 Å². The normalized spacial score (nSPS) is 10.5. The second kappa shape index (κ2) is 3.08. The van der Waals surface area contributed by atoms with Gasteiger partial charge in [-0.1, -0.05) is 0 Å². The zero-order chi connectivity index (χ0) is 11.9. The molecular weight excluding hydrogens is 224 g/mol. The van der Waals surface area contributed by atoms with Crippen molar-refractivity contribution >= 4 is 17.6 Å². The predicted octanol–water partition coefficient (Wildman–Crippen LogP) is -1.58. The number of rotatable bonds is 2. The van der Waals surface area contributed by atoms with Crippen molar-refractivity contribution in [2.24, 2.45) is 0 Å². The summed E-state index contributed by atoms with van der Waals surface area (Å²) in [4.78, 5) is 34.6. The number of aromatic nitrogens is 5. The third-order valence-corrected chi connectivity index (χ3v) is 1.63. The van der Waals surface area contributed by atoms with Gasteiger partial charge in [-0.15, -0.1) is 0 Å². The van der Waals surface area contributed by atoms with Gasteiger partial charge in [0.1, 0.15) is 0 Å². The van der Waals surface area contributed by atoms with Crippen LogP contribution in [0.15, 0.2) is 4.79 Å². The number of nitro groups is 1. The molecule has 0 fully saturated rings. The molecule has 2 N–H and O–H groups in total. The number of aromatic carboxylic acids is 1. The van der Waals surface area contributed by atoms with Crippen LogP contribution in [-0.2, 0) is 0 Å². The fourth-order valence-electron chi connectivity index (χ4n) is 0.985. The van der Waals surface area contributed by atoms with Gasteiger partial charge in [-0.25, -0.2) is 4.79 Å². The Morgan fingerprint density at radius 2 is 2.19 bits per heavy atom. The van der Waals surface area contributed by atoms with Gasteiger partial charge in [0, 0.05) is 5.10 Å². The van der Waals surface area contributed by atoms with E-state index in [2.05, 4.69) is 15.2 Å². The van der Waals surface area contributed by atoms with Gasteiger partial charge in [0.2, 0.25) is 5.82 Å². The summed E-state index contributed by atoms with van der Waals surface area (Å²) >= 11 is 0. The Labute approximate surface area is 84.5 Å². The fraction of sp³-hybridized carbons (Fsp3) is 0. The Bertz CT molecular complexity index is 655. The maximum Gasteiger partial charge on any atom is 0.458 e. The lowest BCUT2D eigenvalue weighted by atomic mass is 10.6. The van der Waals surface area contributed by atoms with E-state index in [1.165, 1.54) is 0 Å². The molecule has 0 radical (unpaired) electrons. The molecule has 0 aliphatic heterocycles. The first-order valence-electron chi connectivity index (χ1n) is 3.74. The lowest BCUT2D eigenvalue weighted by Gasteiger charge is -1.89. The molecule has 0 amide bonds. The highest BCUT2D eigenvalue weighted by atomic mass is 16.6. The Morgan fingerprint density at radius 1 is 1.50 bits per heavy atom.